The molecule has 146 valence electrons. The van der Waals surface area contributed by atoms with Crippen LogP contribution in [0.3, 0.4) is 0 Å². The van der Waals surface area contributed by atoms with Gasteiger partial charge in [-0.25, -0.2) is 0 Å². The minimum absolute atomic E-state index is 0.0150. The van der Waals surface area contributed by atoms with E-state index in [1.165, 1.54) is 0 Å². The molecule has 5 heteroatoms. The average molecular weight is 372 g/mol. The number of carbonyl (C=O) groups excluding carboxylic acids is 2. The molecule has 0 aliphatic heterocycles. The number of methoxy groups -OCH3 is 1. The Labute approximate surface area is 160 Å². The first-order valence-corrected chi connectivity index (χ1v) is 9.62. The number of hydrogen-bond acceptors (Lipinski definition) is 4. The van der Waals surface area contributed by atoms with Crippen LogP contribution < -0.4 is 4.74 Å². The second-order valence-corrected chi connectivity index (χ2v) is 7.08. The monoisotopic (exact) mass is 372 g/mol. The van der Waals surface area contributed by atoms with Crippen molar-refractivity contribution in [3.63, 3.8) is 0 Å². The van der Waals surface area contributed by atoms with Crippen molar-refractivity contribution in [2.24, 2.45) is 11.8 Å². The number of hydrogen-bond donors (Lipinski definition) is 1. The molecule has 2 rings (SSSR count). The second kappa shape index (κ2) is 10.7. The zero-order valence-electron chi connectivity index (χ0n) is 15.9. The zero-order chi connectivity index (χ0) is 19.6. The van der Waals surface area contributed by atoms with E-state index >= 15 is 0 Å². The fraction of sp³-hybridized carbons (Fsp3) is 0.500. The number of carboxylic acids is 1. The van der Waals surface area contributed by atoms with E-state index in [-0.39, 0.29) is 29.8 Å². The van der Waals surface area contributed by atoms with Gasteiger partial charge in [0.05, 0.1) is 7.11 Å². The number of carbonyl (C=O) groups is 3. The van der Waals surface area contributed by atoms with Gasteiger partial charge in [0.2, 0.25) is 0 Å². The van der Waals surface area contributed by atoms with Crippen LogP contribution in [-0.2, 0) is 9.59 Å². The molecular weight excluding hydrogens is 344 g/mol. The van der Waals surface area contributed by atoms with Gasteiger partial charge in [-0.2, -0.15) is 0 Å². The topological polar surface area (TPSA) is 80.7 Å². The number of unbranched alkanes of at least 4 members (excludes halogenated alkanes) is 3. The predicted octanol–water partition coefficient (Wildman–Crippen LogP) is 4.45. The number of ether oxygens (including phenoxy) is 1. The van der Waals surface area contributed by atoms with Gasteiger partial charge in [0.1, 0.15) is 11.5 Å². The first-order valence-electron chi connectivity index (χ1n) is 9.62. The van der Waals surface area contributed by atoms with Crippen molar-refractivity contribution in [3.05, 3.63) is 42.0 Å². The van der Waals surface area contributed by atoms with E-state index in [0.717, 1.165) is 32.1 Å². The Hall–Kier alpha value is -2.43. The molecular formula is C22H28O5. The van der Waals surface area contributed by atoms with Gasteiger partial charge in [-0.1, -0.05) is 37.5 Å². The predicted molar refractivity (Wildman–Crippen MR) is 103 cm³/mol. The third kappa shape index (κ3) is 6.66. The van der Waals surface area contributed by atoms with Gasteiger partial charge in [0.15, 0.2) is 5.78 Å². The Morgan fingerprint density at radius 2 is 2.00 bits per heavy atom. The van der Waals surface area contributed by atoms with Gasteiger partial charge in [0, 0.05) is 24.3 Å². The molecule has 1 aliphatic carbocycles. The van der Waals surface area contributed by atoms with Crippen molar-refractivity contribution in [1.82, 2.24) is 0 Å². The number of rotatable bonds is 11. The molecule has 1 aromatic rings. The third-order valence-corrected chi connectivity index (χ3v) is 5.16. The van der Waals surface area contributed by atoms with E-state index in [4.69, 9.17) is 9.84 Å². The standard InChI is InChI=1S/C22H28O5/c1-27-18-8-6-7-17(15-18)20(23)13-11-16-12-14-21(24)19(16)9-4-2-3-5-10-22(25)26/h6-8,11,13,15-16,19H,2-5,9-10,12,14H2,1H3,(H,25,26). The summed E-state index contributed by atoms with van der Waals surface area (Å²) in [6.45, 7) is 0. The molecule has 0 heterocycles. The lowest BCUT2D eigenvalue weighted by Gasteiger charge is -2.14. The van der Waals surface area contributed by atoms with E-state index in [1.807, 2.05) is 6.08 Å². The van der Waals surface area contributed by atoms with Crippen LogP contribution in [0.5, 0.6) is 5.75 Å². The van der Waals surface area contributed by atoms with E-state index in [9.17, 15) is 14.4 Å². The molecule has 1 aromatic carbocycles. The highest BCUT2D eigenvalue weighted by molar-refractivity contribution is 6.04. The Morgan fingerprint density at radius 3 is 2.74 bits per heavy atom. The number of ketones is 2. The summed E-state index contributed by atoms with van der Waals surface area (Å²) < 4.78 is 5.15. The molecule has 1 fully saturated rings. The molecule has 27 heavy (non-hydrogen) atoms. The lowest BCUT2D eigenvalue weighted by Crippen LogP contribution is -2.13. The fourth-order valence-electron chi connectivity index (χ4n) is 3.62. The van der Waals surface area contributed by atoms with Gasteiger partial charge in [-0.3, -0.25) is 14.4 Å². The fourth-order valence-corrected chi connectivity index (χ4v) is 3.62. The third-order valence-electron chi connectivity index (χ3n) is 5.16. The van der Waals surface area contributed by atoms with Crippen molar-refractivity contribution < 1.29 is 24.2 Å². The molecule has 0 aromatic heterocycles. The van der Waals surface area contributed by atoms with Gasteiger partial charge in [-0.05, 0) is 43.4 Å². The number of Topliss-reactive ketones (excluding diaryl/α,β-unsaturated/α-hetero) is 1. The smallest absolute Gasteiger partial charge is 0.303 e. The van der Waals surface area contributed by atoms with Crippen molar-refractivity contribution in [2.75, 3.05) is 7.11 Å². The summed E-state index contributed by atoms with van der Waals surface area (Å²) >= 11 is 0. The number of allylic oxidation sites excluding steroid dienone is 2. The maximum absolute atomic E-state index is 12.4. The summed E-state index contributed by atoms with van der Waals surface area (Å²) in [4.78, 5) is 35.1. The number of aliphatic carboxylic acids is 1. The SMILES string of the molecule is COc1cccc(C(=O)C=CC2CCC(=O)C2CCCCCCC(=O)O)c1. The van der Waals surface area contributed by atoms with Crippen LogP contribution in [-0.4, -0.2) is 29.8 Å². The van der Waals surface area contributed by atoms with Crippen molar-refractivity contribution in [2.45, 2.75) is 51.4 Å². The summed E-state index contributed by atoms with van der Waals surface area (Å²) in [5.41, 5.74) is 0.574. The summed E-state index contributed by atoms with van der Waals surface area (Å²) in [6, 6.07) is 7.04. The first-order chi connectivity index (χ1) is 13.0. The van der Waals surface area contributed by atoms with Crippen LogP contribution in [0.2, 0.25) is 0 Å². The van der Waals surface area contributed by atoms with E-state index < -0.39 is 5.97 Å². The van der Waals surface area contributed by atoms with Crippen LogP contribution >= 0.6 is 0 Å². The molecule has 1 saturated carbocycles. The van der Waals surface area contributed by atoms with Gasteiger partial charge >= 0.3 is 5.97 Å². The van der Waals surface area contributed by atoms with E-state index in [0.29, 0.717) is 24.2 Å². The quantitative estimate of drug-likeness (QED) is 0.352. The highest BCUT2D eigenvalue weighted by Gasteiger charge is 2.32. The van der Waals surface area contributed by atoms with Crippen LogP contribution in [0.15, 0.2) is 36.4 Å². The normalized spacial score (nSPS) is 19.5. The largest absolute Gasteiger partial charge is 0.497 e. The van der Waals surface area contributed by atoms with E-state index in [2.05, 4.69) is 0 Å². The maximum atomic E-state index is 12.4. The van der Waals surface area contributed by atoms with Crippen molar-refractivity contribution in [3.8, 4) is 5.75 Å². The molecule has 1 aliphatic rings. The molecule has 0 radical (unpaired) electrons. The minimum Gasteiger partial charge on any atom is -0.497 e. The van der Waals surface area contributed by atoms with Crippen LogP contribution in [0, 0.1) is 11.8 Å². The lowest BCUT2D eigenvalue weighted by atomic mass is 9.89. The maximum Gasteiger partial charge on any atom is 0.303 e. The second-order valence-electron chi connectivity index (χ2n) is 7.08. The number of carboxylic acid groups (broad SMARTS) is 1. The zero-order valence-corrected chi connectivity index (χ0v) is 15.9. The van der Waals surface area contributed by atoms with Gasteiger partial charge < -0.3 is 9.84 Å². The molecule has 1 N–H and O–H groups in total. The van der Waals surface area contributed by atoms with Crippen LogP contribution in [0.25, 0.3) is 0 Å². The Morgan fingerprint density at radius 1 is 1.22 bits per heavy atom. The Balaban J connectivity index is 1.84. The summed E-state index contributed by atoms with van der Waals surface area (Å²) in [5, 5.41) is 8.64. The summed E-state index contributed by atoms with van der Waals surface area (Å²) in [5.74, 6) is 0.188. The lowest BCUT2D eigenvalue weighted by molar-refractivity contribution is -0.137. The van der Waals surface area contributed by atoms with Crippen molar-refractivity contribution in [1.29, 1.82) is 0 Å². The highest BCUT2D eigenvalue weighted by atomic mass is 16.5. The first kappa shape index (κ1) is 20.9. The molecule has 0 spiro atoms. The highest BCUT2D eigenvalue weighted by Crippen LogP contribution is 2.34. The Kier molecular flexibility index (Phi) is 8.24. The van der Waals surface area contributed by atoms with Gasteiger partial charge in [0.25, 0.3) is 0 Å². The summed E-state index contributed by atoms with van der Waals surface area (Å²) in [7, 11) is 1.57. The summed E-state index contributed by atoms with van der Waals surface area (Å²) in [6.07, 6.45) is 9.29. The van der Waals surface area contributed by atoms with E-state index in [1.54, 1.807) is 37.5 Å². The molecule has 2 atom stereocenters. The minimum atomic E-state index is -0.758. The Bertz CT molecular complexity index is 692. The molecule has 0 bridgehead atoms. The van der Waals surface area contributed by atoms with Crippen molar-refractivity contribution >= 4 is 17.5 Å². The van der Waals surface area contributed by atoms with Crippen LogP contribution in [0.4, 0.5) is 0 Å². The number of benzene rings is 1. The van der Waals surface area contributed by atoms with Crippen LogP contribution in [0.1, 0.15) is 61.7 Å². The molecule has 2 unspecified atom stereocenters. The van der Waals surface area contributed by atoms with Gasteiger partial charge in [-0.15, -0.1) is 0 Å². The molecule has 0 amide bonds. The molecule has 5 nitrogen and oxygen atoms in total. The average Bonchev–Trinajstić information content (AvgIpc) is 3.02. The molecule has 0 saturated heterocycles.